The largest absolute Gasteiger partial charge is 0.497 e. The first-order chi connectivity index (χ1) is 9.45. The fourth-order valence-electron chi connectivity index (χ4n) is 3.19. The molecule has 1 aromatic rings. The van der Waals surface area contributed by atoms with Crippen LogP contribution in [0.2, 0.25) is 0 Å². The highest BCUT2D eigenvalue weighted by molar-refractivity contribution is 5.85. The molecule has 0 heterocycles. The van der Waals surface area contributed by atoms with Gasteiger partial charge in [-0.25, -0.2) is 0 Å². The van der Waals surface area contributed by atoms with Crippen LogP contribution >= 0.6 is 12.4 Å². The SMILES string of the molecule is COc1cccc([C@@]2(O)C[C@@H](O)CC[C@H]2CN(C)C)c1.Cl. The number of halogens is 1. The number of hydrogen-bond acceptors (Lipinski definition) is 4. The van der Waals surface area contributed by atoms with E-state index in [0.717, 1.165) is 30.7 Å². The van der Waals surface area contributed by atoms with Crippen molar-refractivity contribution in [2.45, 2.75) is 31.0 Å². The third-order valence-electron chi connectivity index (χ3n) is 4.23. The van der Waals surface area contributed by atoms with Crippen LogP contribution in [-0.2, 0) is 5.60 Å². The quantitative estimate of drug-likeness (QED) is 0.892. The lowest BCUT2D eigenvalue weighted by molar-refractivity contribution is -0.0992. The number of ether oxygens (including phenoxy) is 1. The summed E-state index contributed by atoms with van der Waals surface area (Å²) in [4.78, 5) is 2.09. The summed E-state index contributed by atoms with van der Waals surface area (Å²) < 4.78 is 5.25. The second-order valence-corrected chi connectivity index (χ2v) is 6.05. The van der Waals surface area contributed by atoms with Gasteiger partial charge < -0.3 is 19.8 Å². The highest BCUT2D eigenvalue weighted by Gasteiger charge is 2.43. The highest BCUT2D eigenvalue weighted by Crippen LogP contribution is 2.42. The Balaban J connectivity index is 0.00000220. The summed E-state index contributed by atoms with van der Waals surface area (Å²) in [6.07, 6.45) is 1.53. The summed E-state index contributed by atoms with van der Waals surface area (Å²) in [5, 5.41) is 21.2. The van der Waals surface area contributed by atoms with Crippen LogP contribution < -0.4 is 4.74 Å². The van der Waals surface area contributed by atoms with Gasteiger partial charge in [-0.3, -0.25) is 0 Å². The van der Waals surface area contributed by atoms with Crippen LogP contribution in [0.3, 0.4) is 0 Å². The molecule has 1 aliphatic carbocycles. The van der Waals surface area contributed by atoms with Crippen LogP contribution in [0.15, 0.2) is 24.3 Å². The Bertz CT molecular complexity index is 455. The smallest absolute Gasteiger partial charge is 0.119 e. The molecule has 1 aliphatic rings. The second kappa shape index (κ2) is 7.45. The summed E-state index contributed by atoms with van der Waals surface area (Å²) in [5.74, 6) is 0.854. The van der Waals surface area contributed by atoms with Crippen LogP contribution in [0, 0.1) is 5.92 Å². The van der Waals surface area contributed by atoms with Crippen molar-refractivity contribution in [2.24, 2.45) is 5.92 Å². The Morgan fingerprint density at radius 1 is 1.33 bits per heavy atom. The average molecular weight is 316 g/mol. The molecule has 0 aliphatic heterocycles. The van der Waals surface area contributed by atoms with E-state index in [-0.39, 0.29) is 18.3 Å². The molecule has 0 saturated heterocycles. The van der Waals surface area contributed by atoms with E-state index < -0.39 is 11.7 Å². The van der Waals surface area contributed by atoms with E-state index in [4.69, 9.17) is 4.74 Å². The van der Waals surface area contributed by atoms with Gasteiger partial charge in [-0.15, -0.1) is 12.4 Å². The van der Waals surface area contributed by atoms with E-state index in [1.807, 2.05) is 38.4 Å². The number of aliphatic hydroxyl groups is 2. The molecule has 0 spiro atoms. The molecule has 21 heavy (non-hydrogen) atoms. The van der Waals surface area contributed by atoms with Gasteiger partial charge in [0.25, 0.3) is 0 Å². The van der Waals surface area contributed by atoms with Gasteiger partial charge in [0, 0.05) is 18.9 Å². The maximum Gasteiger partial charge on any atom is 0.119 e. The van der Waals surface area contributed by atoms with Gasteiger partial charge >= 0.3 is 0 Å². The number of methoxy groups -OCH3 is 1. The van der Waals surface area contributed by atoms with E-state index in [1.54, 1.807) is 7.11 Å². The molecule has 0 bridgehead atoms. The predicted molar refractivity (Wildman–Crippen MR) is 86.0 cm³/mol. The number of rotatable bonds is 4. The fourth-order valence-corrected chi connectivity index (χ4v) is 3.19. The molecule has 2 rings (SSSR count). The van der Waals surface area contributed by atoms with Crippen molar-refractivity contribution in [1.82, 2.24) is 4.90 Å². The fraction of sp³-hybridized carbons (Fsp3) is 0.625. The standard InChI is InChI=1S/C16H25NO3.ClH/c1-17(2)11-13-7-8-14(18)10-16(13,19)12-5-4-6-15(9-12)20-3;/h4-6,9,13-14,18-19H,7-8,10-11H2,1-3H3;1H/t13-,14-,16-;/m0./s1. The zero-order valence-electron chi connectivity index (χ0n) is 13.0. The molecule has 2 N–H and O–H groups in total. The van der Waals surface area contributed by atoms with Crippen LogP contribution in [-0.4, -0.2) is 49.0 Å². The van der Waals surface area contributed by atoms with Crippen LogP contribution in [0.5, 0.6) is 5.75 Å². The van der Waals surface area contributed by atoms with Crippen molar-refractivity contribution in [1.29, 1.82) is 0 Å². The normalized spacial score (nSPS) is 29.0. The molecule has 5 heteroatoms. The van der Waals surface area contributed by atoms with Crippen LogP contribution in [0.1, 0.15) is 24.8 Å². The minimum Gasteiger partial charge on any atom is -0.497 e. The zero-order valence-corrected chi connectivity index (χ0v) is 13.8. The monoisotopic (exact) mass is 315 g/mol. The summed E-state index contributed by atoms with van der Waals surface area (Å²) >= 11 is 0. The Hall–Kier alpha value is -0.810. The number of aliphatic hydroxyl groups excluding tert-OH is 1. The number of benzene rings is 1. The molecule has 0 amide bonds. The van der Waals surface area contributed by atoms with Crippen molar-refractivity contribution < 1.29 is 14.9 Å². The Morgan fingerprint density at radius 3 is 2.67 bits per heavy atom. The molecule has 4 nitrogen and oxygen atoms in total. The minimum absolute atomic E-state index is 0. The Kier molecular flexibility index (Phi) is 6.47. The maximum absolute atomic E-state index is 11.2. The van der Waals surface area contributed by atoms with Gasteiger partial charge in [0.15, 0.2) is 0 Å². The molecule has 0 aromatic heterocycles. The molecule has 1 fully saturated rings. The van der Waals surface area contributed by atoms with Crippen LogP contribution in [0.4, 0.5) is 0 Å². The predicted octanol–water partition coefficient (Wildman–Crippen LogP) is 2.03. The van der Waals surface area contributed by atoms with Crippen molar-refractivity contribution in [3.63, 3.8) is 0 Å². The van der Waals surface area contributed by atoms with Gasteiger partial charge in [-0.1, -0.05) is 12.1 Å². The second-order valence-electron chi connectivity index (χ2n) is 6.05. The van der Waals surface area contributed by atoms with Crippen molar-refractivity contribution in [3.8, 4) is 5.75 Å². The highest BCUT2D eigenvalue weighted by atomic mass is 35.5. The van der Waals surface area contributed by atoms with Crippen LogP contribution in [0.25, 0.3) is 0 Å². The van der Waals surface area contributed by atoms with Crippen molar-refractivity contribution in [3.05, 3.63) is 29.8 Å². The van der Waals surface area contributed by atoms with E-state index in [2.05, 4.69) is 4.90 Å². The number of nitrogens with zero attached hydrogens (tertiary/aromatic N) is 1. The lowest BCUT2D eigenvalue weighted by atomic mass is 9.70. The van der Waals surface area contributed by atoms with E-state index >= 15 is 0 Å². The Labute approximate surface area is 133 Å². The molecule has 3 atom stereocenters. The number of hydrogen-bond donors (Lipinski definition) is 2. The Morgan fingerprint density at radius 2 is 2.05 bits per heavy atom. The van der Waals surface area contributed by atoms with E-state index in [0.29, 0.717) is 6.42 Å². The van der Waals surface area contributed by atoms with Gasteiger partial charge in [0.1, 0.15) is 5.75 Å². The van der Waals surface area contributed by atoms with Gasteiger partial charge in [0.05, 0.1) is 18.8 Å². The summed E-state index contributed by atoms with van der Waals surface area (Å²) in [6, 6.07) is 7.55. The first kappa shape index (κ1) is 18.2. The van der Waals surface area contributed by atoms with E-state index in [9.17, 15) is 10.2 Å². The molecule has 1 saturated carbocycles. The lowest BCUT2D eigenvalue weighted by Crippen LogP contribution is -2.46. The third kappa shape index (κ3) is 4.10. The van der Waals surface area contributed by atoms with Gasteiger partial charge in [0.2, 0.25) is 0 Å². The molecule has 0 radical (unpaired) electrons. The summed E-state index contributed by atoms with van der Waals surface area (Å²) in [6.45, 7) is 0.806. The maximum atomic E-state index is 11.2. The van der Waals surface area contributed by atoms with Crippen molar-refractivity contribution in [2.75, 3.05) is 27.7 Å². The van der Waals surface area contributed by atoms with Gasteiger partial charge in [-0.2, -0.15) is 0 Å². The topological polar surface area (TPSA) is 52.9 Å². The first-order valence-electron chi connectivity index (χ1n) is 7.15. The minimum atomic E-state index is -0.990. The third-order valence-corrected chi connectivity index (χ3v) is 4.23. The molecular formula is C16H26ClNO3. The average Bonchev–Trinajstić information content (AvgIpc) is 2.42. The molecule has 0 unspecified atom stereocenters. The molecular weight excluding hydrogens is 290 g/mol. The first-order valence-corrected chi connectivity index (χ1v) is 7.15. The lowest BCUT2D eigenvalue weighted by Gasteiger charge is -2.43. The zero-order chi connectivity index (χ0) is 14.8. The van der Waals surface area contributed by atoms with Gasteiger partial charge in [-0.05, 0) is 44.6 Å². The summed E-state index contributed by atoms with van der Waals surface area (Å²) in [5.41, 5.74) is -0.154. The molecule has 120 valence electrons. The molecule has 1 aromatic carbocycles. The van der Waals surface area contributed by atoms with E-state index in [1.165, 1.54) is 0 Å². The van der Waals surface area contributed by atoms with Crippen molar-refractivity contribution >= 4 is 12.4 Å². The summed E-state index contributed by atoms with van der Waals surface area (Å²) in [7, 11) is 5.64.